The number of hydrogen-bond donors (Lipinski definition) is 0. The van der Waals surface area contributed by atoms with E-state index in [0.717, 1.165) is 11.4 Å². The summed E-state index contributed by atoms with van der Waals surface area (Å²) in [5, 5.41) is 4.43. The van der Waals surface area contributed by atoms with Gasteiger partial charge in [-0.25, -0.2) is 0 Å². The first-order valence-corrected chi connectivity index (χ1v) is 8.81. The van der Waals surface area contributed by atoms with Gasteiger partial charge in [0.2, 0.25) is 0 Å². The minimum atomic E-state index is 0.347. The van der Waals surface area contributed by atoms with Crippen molar-refractivity contribution in [1.29, 1.82) is 0 Å². The fourth-order valence-electron chi connectivity index (χ4n) is 3.46. The van der Waals surface area contributed by atoms with Crippen molar-refractivity contribution < 1.29 is 0 Å². The third-order valence-corrected chi connectivity index (χ3v) is 4.87. The summed E-state index contributed by atoms with van der Waals surface area (Å²) in [7, 11) is 0. The van der Waals surface area contributed by atoms with Gasteiger partial charge in [0.1, 0.15) is 0 Å². The highest BCUT2D eigenvalue weighted by atomic mass is 15.3. The fraction of sp³-hybridized carbons (Fsp3) is 0.579. The second kappa shape index (κ2) is 6.83. The van der Waals surface area contributed by atoms with Gasteiger partial charge in [-0.2, -0.15) is 5.10 Å². The molecule has 3 heterocycles. The van der Waals surface area contributed by atoms with E-state index in [1.165, 1.54) is 31.6 Å². The highest BCUT2D eigenvalue weighted by Gasteiger charge is 2.23. The summed E-state index contributed by atoms with van der Waals surface area (Å²) < 4.78 is 2.05. The van der Waals surface area contributed by atoms with Crippen LogP contribution in [-0.2, 0) is 0 Å². The molecule has 4 nitrogen and oxygen atoms in total. The quantitative estimate of drug-likeness (QED) is 0.852. The van der Waals surface area contributed by atoms with Crippen LogP contribution in [0.1, 0.15) is 58.2 Å². The fourth-order valence-corrected chi connectivity index (χ4v) is 3.46. The maximum Gasteiger partial charge on any atom is 0.0886 e. The maximum absolute atomic E-state index is 4.97. The Morgan fingerprint density at radius 1 is 1.00 bits per heavy atom. The molecule has 0 aliphatic carbocycles. The first-order chi connectivity index (χ1) is 11.1. The number of likely N-dealkylation sites (tertiary alicyclic amines) is 1. The number of hydrogen-bond acceptors (Lipinski definition) is 3. The molecule has 1 saturated heterocycles. The van der Waals surface area contributed by atoms with Crippen LogP contribution in [0, 0.1) is 0 Å². The number of aromatic nitrogens is 3. The molecule has 124 valence electrons. The van der Waals surface area contributed by atoms with E-state index in [9.17, 15) is 0 Å². The molecule has 2 aromatic rings. The van der Waals surface area contributed by atoms with Gasteiger partial charge < -0.3 is 4.90 Å². The first-order valence-electron chi connectivity index (χ1n) is 8.81. The van der Waals surface area contributed by atoms with Gasteiger partial charge in [0.05, 0.1) is 11.4 Å². The Morgan fingerprint density at radius 3 is 2.39 bits per heavy atom. The summed E-state index contributed by atoms with van der Waals surface area (Å²) in [6.07, 6.45) is 4.28. The smallest absolute Gasteiger partial charge is 0.0886 e. The molecule has 0 spiro atoms. The van der Waals surface area contributed by atoms with Gasteiger partial charge in [-0.05, 0) is 71.8 Å². The topological polar surface area (TPSA) is 34.0 Å². The predicted octanol–water partition coefficient (Wildman–Crippen LogP) is 4.11. The van der Waals surface area contributed by atoms with E-state index >= 15 is 0 Å². The summed E-state index contributed by atoms with van der Waals surface area (Å²) in [5.41, 5.74) is 3.39. The molecule has 0 bridgehead atoms. The lowest BCUT2D eigenvalue weighted by Gasteiger charge is -2.34. The van der Waals surface area contributed by atoms with Crippen molar-refractivity contribution in [2.24, 2.45) is 0 Å². The van der Waals surface area contributed by atoms with Crippen LogP contribution >= 0.6 is 0 Å². The van der Waals surface area contributed by atoms with Gasteiger partial charge in [0, 0.05) is 29.9 Å². The molecule has 0 atom stereocenters. The van der Waals surface area contributed by atoms with Crippen molar-refractivity contribution >= 4 is 0 Å². The van der Waals surface area contributed by atoms with Crippen molar-refractivity contribution in [1.82, 2.24) is 19.7 Å². The summed E-state index contributed by atoms with van der Waals surface area (Å²) >= 11 is 0. The van der Waals surface area contributed by atoms with E-state index in [1.54, 1.807) is 0 Å². The van der Waals surface area contributed by atoms with Crippen LogP contribution in [0.2, 0.25) is 0 Å². The van der Waals surface area contributed by atoms with Crippen molar-refractivity contribution in [3.05, 3.63) is 36.2 Å². The zero-order chi connectivity index (χ0) is 16.4. The monoisotopic (exact) mass is 312 g/mol. The van der Waals surface area contributed by atoms with Gasteiger partial charge in [0.25, 0.3) is 0 Å². The molecule has 4 heteroatoms. The van der Waals surface area contributed by atoms with E-state index in [4.69, 9.17) is 4.98 Å². The normalized spacial score (nSPS) is 17.3. The molecule has 0 aromatic carbocycles. The molecule has 23 heavy (non-hydrogen) atoms. The van der Waals surface area contributed by atoms with Crippen molar-refractivity contribution in [2.75, 3.05) is 13.1 Å². The molecule has 0 unspecified atom stereocenters. The average molecular weight is 312 g/mol. The number of nitrogens with zero attached hydrogens (tertiary/aromatic N) is 4. The van der Waals surface area contributed by atoms with E-state index in [0.29, 0.717) is 18.0 Å². The van der Waals surface area contributed by atoms with E-state index in [-0.39, 0.29) is 0 Å². The molecule has 0 saturated carbocycles. The predicted molar refractivity (Wildman–Crippen MR) is 94.5 cm³/mol. The van der Waals surface area contributed by atoms with Crippen LogP contribution in [0.5, 0.6) is 0 Å². The van der Waals surface area contributed by atoms with Gasteiger partial charge >= 0.3 is 0 Å². The van der Waals surface area contributed by atoms with Crippen LogP contribution in [0.25, 0.3) is 11.4 Å². The average Bonchev–Trinajstić information content (AvgIpc) is 3.05. The van der Waals surface area contributed by atoms with E-state index in [1.807, 2.05) is 10.9 Å². The van der Waals surface area contributed by atoms with Gasteiger partial charge in [-0.15, -0.1) is 0 Å². The Hall–Kier alpha value is -1.68. The summed E-state index contributed by atoms with van der Waals surface area (Å²) in [6, 6.07) is 9.49. The number of pyridine rings is 1. The van der Waals surface area contributed by atoms with Crippen LogP contribution in [0.15, 0.2) is 30.5 Å². The Morgan fingerprint density at radius 2 is 1.74 bits per heavy atom. The number of rotatable bonds is 4. The minimum Gasteiger partial charge on any atom is -0.301 e. The van der Waals surface area contributed by atoms with Gasteiger partial charge in [0.15, 0.2) is 0 Å². The molecule has 1 aliphatic heterocycles. The Balaban J connectivity index is 1.80. The summed E-state index contributed by atoms with van der Waals surface area (Å²) in [5.74, 6) is 0.584. The molecule has 1 fully saturated rings. The first kappa shape index (κ1) is 16.2. The van der Waals surface area contributed by atoms with Crippen LogP contribution in [0.3, 0.4) is 0 Å². The Kier molecular flexibility index (Phi) is 4.81. The number of piperidine rings is 1. The molecule has 2 aromatic heterocycles. The highest BCUT2D eigenvalue weighted by Crippen LogP contribution is 2.29. The molecule has 0 amide bonds. The molecular formula is C19H28N4. The Labute approximate surface area is 139 Å². The lowest BCUT2D eigenvalue weighted by molar-refractivity contribution is 0.171. The lowest BCUT2D eigenvalue weighted by atomic mass is 9.92. The third kappa shape index (κ3) is 3.47. The highest BCUT2D eigenvalue weighted by molar-refractivity contribution is 5.54. The van der Waals surface area contributed by atoms with Crippen LogP contribution < -0.4 is 0 Å². The summed E-state index contributed by atoms with van der Waals surface area (Å²) in [4.78, 5) is 7.54. The van der Waals surface area contributed by atoms with Crippen molar-refractivity contribution in [2.45, 2.75) is 58.5 Å². The molecule has 3 rings (SSSR count). The largest absolute Gasteiger partial charge is 0.301 e. The van der Waals surface area contributed by atoms with E-state index in [2.05, 4.69) is 62.0 Å². The molecular weight excluding hydrogens is 284 g/mol. The zero-order valence-electron chi connectivity index (χ0n) is 14.7. The zero-order valence-corrected chi connectivity index (χ0v) is 14.7. The second-order valence-electron chi connectivity index (χ2n) is 7.11. The second-order valence-corrected chi connectivity index (χ2v) is 7.11. The molecule has 0 radical (unpaired) electrons. The van der Waals surface area contributed by atoms with Gasteiger partial charge in [-0.1, -0.05) is 6.07 Å². The minimum absolute atomic E-state index is 0.347. The maximum atomic E-state index is 4.97. The van der Waals surface area contributed by atoms with Crippen LogP contribution in [-0.4, -0.2) is 38.8 Å². The molecule has 1 aliphatic rings. The van der Waals surface area contributed by atoms with Crippen molar-refractivity contribution in [3.63, 3.8) is 0 Å². The molecule has 0 N–H and O–H groups in total. The van der Waals surface area contributed by atoms with Gasteiger partial charge in [-0.3, -0.25) is 9.67 Å². The third-order valence-electron chi connectivity index (χ3n) is 4.87. The van der Waals surface area contributed by atoms with Crippen molar-refractivity contribution in [3.8, 4) is 11.4 Å². The lowest BCUT2D eigenvalue weighted by Crippen LogP contribution is -2.38. The van der Waals surface area contributed by atoms with Crippen LogP contribution in [0.4, 0.5) is 0 Å². The SMILES string of the molecule is CC(C)N1CCC(c2cccc(-c3ccnn3C(C)C)n2)CC1. The van der Waals surface area contributed by atoms with E-state index < -0.39 is 0 Å². The standard InChI is InChI=1S/C19H28N4/c1-14(2)22-12-9-16(10-13-22)17-6-5-7-18(21-17)19-8-11-20-23(19)15(3)4/h5-8,11,14-16H,9-10,12-13H2,1-4H3. The Bertz CT molecular complexity index is 636. The summed E-state index contributed by atoms with van der Waals surface area (Å²) in [6.45, 7) is 11.2.